The van der Waals surface area contributed by atoms with Gasteiger partial charge in [0.2, 0.25) is 0 Å². The number of rotatable bonds is 5. The smallest absolute Gasteiger partial charge is 0.262 e. The Morgan fingerprint density at radius 1 is 1.04 bits per heavy atom. The van der Waals surface area contributed by atoms with Gasteiger partial charge in [0.05, 0.1) is 15.5 Å². The molecule has 0 saturated heterocycles. The Kier molecular flexibility index (Phi) is 5.42. The van der Waals surface area contributed by atoms with Gasteiger partial charge in [0, 0.05) is 16.8 Å². The molecule has 0 amide bonds. The van der Waals surface area contributed by atoms with Crippen LogP contribution in [0.3, 0.4) is 0 Å². The molecule has 3 aromatic rings. The summed E-state index contributed by atoms with van der Waals surface area (Å²) in [6.07, 6.45) is 0. The Morgan fingerprint density at radius 2 is 1.70 bits per heavy atom. The van der Waals surface area contributed by atoms with E-state index in [1.54, 1.807) is 26.0 Å². The zero-order valence-electron chi connectivity index (χ0n) is 15.0. The van der Waals surface area contributed by atoms with Crippen LogP contribution in [-0.4, -0.2) is 14.2 Å². The van der Waals surface area contributed by atoms with Crippen molar-refractivity contribution in [2.24, 2.45) is 0 Å². The van der Waals surface area contributed by atoms with Gasteiger partial charge in [0.15, 0.2) is 5.78 Å². The number of sulfonamides is 1. The number of thiophene rings is 1. The minimum Gasteiger partial charge on any atom is -0.294 e. The first-order valence-electron chi connectivity index (χ1n) is 8.19. The van der Waals surface area contributed by atoms with Crippen molar-refractivity contribution < 1.29 is 13.2 Å². The van der Waals surface area contributed by atoms with E-state index in [9.17, 15) is 13.2 Å². The van der Waals surface area contributed by atoms with Crippen LogP contribution in [0.15, 0.2) is 53.4 Å². The van der Waals surface area contributed by atoms with Crippen LogP contribution in [-0.2, 0) is 10.0 Å². The van der Waals surface area contributed by atoms with E-state index in [1.165, 1.54) is 24.3 Å². The number of aryl methyl sites for hydroxylation is 2. The summed E-state index contributed by atoms with van der Waals surface area (Å²) in [6.45, 7) is 4.87. The number of anilines is 1. The molecule has 3 rings (SSSR count). The lowest BCUT2D eigenvalue weighted by atomic mass is 10.2. The molecule has 0 bridgehead atoms. The molecule has 0 aliphatic heterocycles. The van der Waals surface area contributed by atoms with Gasteiger partial charge in [-0.1, -0.05) is 41.9 Å². The number of nitrogens with one attached hydrogen (secondary N) is 1. The summed E-state index contributed by atoms with van der Waals surface area (Å²) in [6, 6.07) is 14.4. The third kappa shape index (κ3) is 4.08. The van der Waals surface area contributed by atoms with Crippen molar-refractivity contribution in [3.8, 4) is 10.4 Å². The fourth-order valence-corrected chi connectivity index (χ4v) is 5.39. The number of carbonyl (C=O) groups excluding carboxylic acids is 1. The average molecular weight is 420 g/mol. The molecule has 0 fully saturated rings. The van der Waals surface area contributed by atoms with Gasteiger partial charge in [-0.25, -0.2) is 8.42 Å². The monoisotopic (exact) mass is 419 g/mol. The number of ketones is 1. The number of hydrogen-bond acceptors (Lipinski definition) is 4. The van der Waals surface area contributed by atoms with Gasteiger partial charge < -0.3 is 0 Å². The number of halogens is 1. The van der Waals surface area contributed by atoms with E-state index >= 15 is 0 Å². The summed E-state index contributed by atoms with van der Waals surface area (Å²) in [5, 5.41) is 0.512. The Bertz CT molecular complexity index is 1120. The second-order valence-electron chi connectivity index (χ2n) is 6.25. The minimum absolute atomic E-state index is 0.145. The Hall–Kier alpha value is -2.15. The van der Waals surface area contributed by atoms with Crippen LogP contribution < -0.4 is 4.72 Å². The van der Waals surface area contributed by atoms with Gasteiger partial charge in [0.1, 0.15) is 0 Å². The molecule has 27 heavy (non-hydrogen) atoms. The molecule has 4 nitrogen and oxygen atoms in total. The Morgan fingerprint density at radius 3 is 2.33 bits per heavy atom. The van der Waals surface area contributed by atoms with Crippen molar-refractivity contribution in [3.63, 3.8) is 0 Å². The highest BCUT2D eigenvalue weighted by Crippen LogP contribution is 2.36. The van der Waals surface area contributed by atoms with Crippen LogP contribution in [0.1, 0.15) is 27.7 Å². The van der Waals surface area contributed by atoms with Crippen LogP contribution in [0.25, 0.3) is 10.4 Å². The first kappa shape index (κ1) is 19.6. The van der Waals surface area contributed by atoms with Crippen LogP contribution in [0.5, 0.6) is 0 Å². The van der Waals surface area contributed by atoms with Crippen molar-refractivity contribution in [2.45, 2.75) is 25.7 Å². The fraction of sp³-hybridized carbons (Fsp3) is 0.150. The maximum absolute atomic E-state index is 12.9. The van der Waals surface area contributed by atoms with Gasteiger partial charge >= 0.3 is 0 Å². The standard InChI is InChI=1S/C20H18ClNO3S2/c1-12-10-19(13(2)9-16(12)21)27(24,25)22-17-11-18(26-20(17)14(3)23)15-7-5-4-6-8-15/h4-11,22H,1-3H3. The number of Topliss-reactive ketones (excluding diaryl/α,β-unsaturated/α-hetero) is 1. The molecule has 0 radical (unpaired) electrons. The predicted molar refractivity (Wildman–Crippen MR) is 111 cm³/mol. The molecule has 1 aromatic heterocycles. The van der Waals surface area contributed by atoms with E-state index in [2.05, 4.69) is 4.72 Å². The molecule has 0 aliphatic carbocycles. The molecule has 1 N–H and O–H groups in total. The maximum atomic E-state index is 12.9. The molecular weight excluding hydrogens is 402 g/mol. The van der Waals surface area contributed by atoms with Crippen molar-refractivity contribution in [2.75, 3.05) is 4.72 Å². The predicted octanol–water partition coefficient (Wildman–Crippen LogP) is 5.69. The van der Waals surface area contributed by atoms with Gasteiger partial charge in [-0.15, -0.1) is 11.3 Å². The van der Waals surface area contributed by atoms with Gasteiger partial charge in [-0.3, -0.25) is 9.52 Å². The quantitative estimate of drug-likeness (QED) is 0.540. The lowest BCUT2D eigenvalue weighted by Crippen LogP contribution is -2.15. The van der Waals surface area contributed by atoms with Crippen LogP contribution >= 0.6 is 22.9 Å². The van der Waals surface area contributed by atoms with Gasteiger partial charge in [-0.05, 0) is 48.7 Å². The zero-order chi connectivity index (χ0) is 19.8. The molecule has 0 unspecified atom stereocenters. The molecule has 0 saturated carbocycles. The summed E-state index contributed by atoms with van der Waals surface area (Å²) in [7, 11) is -3.86. The second-order valence-corrected chi connectivity index (χ2v) is 9.36. The largest absolute Gasteiger partial charge is 0.294 e. The highest BCUT2D eigenvalue weighted by molar-refractivity contribution is 7.92. The van der Waals surface area contributed by atoms with Crippen molar-refractivity contribution in [1.82, 2.24) is 0 Å². The molecule has 0 spiro atoms. The summed E-state index contributed by atoms with van der Waals surface area (Å²) in [4.78, 5) is 13.4. The first-order chi connectivity index (χ1) is 12.7. The van der Waals surface area contributed by atoms with E-state index in [0.717, 1.165) is 10.4 Å². The van der Waals surface area contributed by atoms with Crippen molar-refractivity contribution in [3.05, 3.63) is 69.6 Å². The van der Waals surface area contributed by atoms with Crippen molar-refractivity contribution >= 4 is 44.4 Å². The zero-order valence-corrected chi connectivity index (χ0v) is 17.4. The Balaban J connectivity index is 2.05. The normalized spacial score (nSPS) is 11.4. The van der Waals surface area contributed by atoms with E-state index in [4.69, 9.17) is 11.6 Å². The molecule has 7 heteroatoms. The summed E-state index contributed by atoms with van der Waals surface area (Å²) in [5.74, 6) is -0.191. The Labute approximate surface area is 167 Å². The number of benzene rings is 2. The molecule has 1 heterocycles. The summed E-state index contributed by atoms with van der Waals surface area (Å²) >= 11 is 7.34. The summed E-state index contributed by atoms with van der Waals surface area (Å²) in [5.41, 5.74) is 2.43. The minimum atomic E-state index is -3.86. The summed E-state index contributed by atoms with van der Waals surface area (Å²) < 4.78 is 28.5. The lowest BCUT2D eigenvalue weighted by Gasteiger charge is -2.12. The van der Waals surface area contributed by atoms with Crippen LogP contribution in [0.4, 0.5) is 5.69 Å². The number of carbonyl (C=O) groups is 1. The molecule has 140 valence electrons. The van der Waals surface area contributed by atoms with E-state index in [0.29, 0.717) is 26.7 Å². The molecular formula is C20H18ClNO3S2. The van der Waals surface area contributed by atoms with Crippen LogP contribution in [0, 0.1) is 13.8 Å². The third-order valence-corrected chi connectivity index (χ3v) is 7.30. The van der Waals surface area contributed by atoms with E-state index < -0.39 is 10.0 Å². The first-order valence-corrected chi connectivity index (χ1v) is 10.9. The average Bonchev–Trinajstić information content (AvgIpc) is 3.02. The SMILES string of the molecule is CC(=O)c1sc(-c2ccccc2)cc1NS(=O)(=O)c1cc(C)c(Cl)cc1C. The highest BCUT2D eigenvalue weighted by atomic mass is 35.5. The molecule has 0 aliphatic rings. The number of hydrogen-bond donors (Lipinski definition) is 1. The topological polar surface area (TPSA) is 63.2 Å². The van der Waals surface area contributed by atoms with Crippen molar-refractivity contribution in [1.29, 1.82) is 0 Å². The van der Waals surface area contributed by atoms with Gasteiger partial charge in [0.25, 0.3) is 10.0 Å². The van der Waals surface area contributed by atoms with E-state index in [1.807, 2.05) is 30.3 Å². The fourth-order valence-electron chi connectivity index (χ4n) is 2.72. The lowest BCUT2D eigenvalue weighted by molar-refractivity contribution is 0.102. The highest BCUT2D eigenvalue weighted by Gasteiger charge is 2.23. The molecule has 0 atom stereocenters. The van der Waals surface area contributed by atoms with Gasteiger partial charge in [-0.2, -0.15) is 0 Å². The van der Waals surface area contributed by atoms with Crippen LogP contribution in [0.2, 0.25) is 5.02 Å². The molecule has 2 aromatic carbocycles. The third-order valence-electron chi connectivity index (χ3n) is 4.10. The second kappa shape index (κ2) is 7.46. The maximum Gasteiger partial charge on any atom is 0.262 e. The van der Waals surface area contributed by atoms with E-state index in [-0.39, 0.29) is 10.7 Å².